The molecule has 1 heterocycles. The highest BCUT2D eigenvalue weighted by molar-refractivity contribution is 14.0. The van der Waals surface area contributed by atoms with Gasteiger partial charge in [-0.1, -0.05) is 18.2 Å². The number of carbonyl (C=O) groups is 2. The largest absolute Gasteiger partial charge is 0.357 e. The molecule has 28 heavy (non-hydrogen) atoms. The zero-order chi connectivity index (χ0) is 19.9. The number of amides is 2. The summed E-state index contributed by atoms with van der Waals surface area (Å²) in [4.78, 5) is 30.7. The second kappa shape index (κ2) is 11.2. The number of aliphatic imine (C=N–C) groups is 1. The highest BCUT2D eigenvalue weighted by atomic mass is 127. The molecule has 0 saturated heterocycles. The SMILES string of the molecule is CCNC(=NCC(=O)NC(C)(C)C)NCC(=O)N1CCCc2ccccc21.I. The predicted molar refractivity (Wildman–Crippen MR) is 124 cm³/mol. The first kappa shape index (κ1) is 24.2. The minimum absolute atomic E-state index is 0. The van der Waals surface area contributed by atoms with Crippen LogP contribution < -0.4 is 20.9 Å². The number of guanidine groups is 1. The number of anilines is 1. The first-order valence-corrected chi connectivity index (χ1v) is 9.51. The van der Waals surface area contributed by atoms with E-state index in [-0.39, 0.29) is 54.4 Å². The Morgan fingerprint density at radius 3 is 2.57 bits per heavy atom. The van der Waals surface area contributed by atoms with Gasteiger partial charge >= 0.3 is 0 Å². The van der Waals surface area contributed by atoms with Gasteiger partial charge in [0.05, 0.1) is 6.54 Å². The Morgan fingerprint density at radius 1 is 1.18 bits per heavy atom. The van der Waals surface area contributed by atoms with Crippen molar-refractivity contribution in [2.24, 2.45) is 4.99 Å². The normalized spacial score (nSPS) is 13.9. The number of nitrogens with zero attached hydrogens (tertiary/aromatic N) is 2. The van der Waals surface area contributed by atoms with Crippen molar-refractivity contribution in [3.05, 3.63) is 29.8 Å². The van der Waals surface area contributed by atoms with Gasteiger partial charge in [-0.3, -0.25) is 9.59 Å². The van der Waals surface area contributed by atoms with Gasteiger partial charge in [-0.25, -0.2) is 4.99 Å². The average molecular weight is 501 g/mol. The summed E-state index contributed by atoms with van der Waals surface area (Å²) < 4.78 is 0. The predicted octanol–water partition coefficient (Wildman–Crippen LogP) is 2.05. The third-order valence-corrected chi connectivity index (χ3v) is 4.06. The van der Waals surface area contributed by atoms with E-state index in [2.05, 4.69) is 27.0 Å². The maximum Gasteiger partial charge on any atom is 0.246 e. The number of para-hydroxylation sites is 1. The zero-order valence-corrected chi connectivity index (χ0v) is 19.5. The van der Waals surface area contributed by atoms with Gasteiger partial charge in [-0.2, -0.15) is 0 Å². The monoisotopic (exact) mass is 501 g/mol. The van der Waals surface area contributed by atoms with E-state index in [1.807, 2.05) is 50.8 Å². The molecule has 3 N–H and O–H groups in total. The van der Waals surface area contributed by atoms with E-state index in [1.165, 1.54) is 5.56 Å². The molecule has 1 aromatic rings. The fourth-order valence-electron chi connectivity index (χ4n) is 3.00. The number of nitrogens with one attached hydrogen (secondary N) is 3. The van der Waals surface area contributed by atoms with Crippen molar-refractivity contribution < 1.29 is 9.59 Å². The van der Waals surface area contributed by atoms with Gasteiger partial charge in [0.2, 0.25) is 11.8 Å². The number of carbonyl (C=O) groups excluding carboxylic acids is 2. The molecule has 0 atom stereocenters. The lowest BCUT2D eigenvalue weighted by Crippen LogP contribution is -2.47. The van der Waals surface area contributed by atoms with Crippen LogP contribution in [0.25, 0.3) is 0 Å². The van der Waals surface area contributed by atoms with Crippen LogP contribution >= 0.6 is 24.0 Å². The summed E-state index contributed by atoms with van der Waals surface area (Å²) in [6, 6.07) is 8.02. The number of halogens is 1. The molecular weight excluding hydrogens is 469 g/mol. The van der Waals surface area contributed by atoms with Crippen LogP contribution in [0.4, 0.5) is 5.69 Å². The van der Waals surface area contributed by atoms with Gasteiger partial charge in [0.15, 0.2) is 5.96 Å². The van der Waals surface area contributed by atoms with Crippen LogP contribution in [-0.4, -0.2) is 49.5 Å². The van der Waals surface area contributed by atoms with Gasteiger partial charge in [0.1, 0.15) is 6.54 Å². The fraction of sp³-hybridized carbons (Fsp3) is 0.550. The molecule has 0 aromatic heterocycles. The molecule has 7 nitrogen and oxygen atoms in total. The van der Waals surface area contributed by atoms with Crippen LogP contribution in [0.3, 0.4) is 0 Å². The van der Waals surface area contributed by atoms with Crippen LogP contribution in [0.5, 0.6) is 0 Å². The number of hydrogen-bond donors (Lipinski definition) is 3. The Bertz CT molecular complexity index is 700. The van der Waals surface area contributed by atoms with Crippen molar-refractivity contribution in [3.63, 3.8) is 0 Å². The molecule has 0 aliphatic carbocycles. The van der Waals surface area contributed by atoms with Crippen LogP contribution in [0.15, 0.2) is 29.3 Å². The molecule has 0 bridgehead atoms. The van der Waals surface area contributed by atoms with Gasteiger partial charge in [-0.05, 0) is 52.2 Å². The van der Waals surface area contributed by atoms with Crippen molar-refractivity contribution in [3.8, 4) is 0 Å². The van der Waals surface area contributed by atoms with Crippen molar-refractivity contribution in [2.75, 3.05) is 31.1 Å². The van der Waals surface area contributed by atoms with Crippen LogP contribution in [0.1, 0.15) is 39.7 Å². The quantitative estimate of drug-likeness (QED) is 0.328. The molecule has 0 fully saturated rings. The lowest BCUT2D eigenvalue weighted by atomic mass is 10.0. The number of aryl methyl sites for hydroxylation is 1. The lowest BCUT2D eigenvalue weighted by Gasteiger charge is -2.29. The van der Waals surface area contributed by atoms with Crippen LogP contribution in [0, 0.1) is 0 Å². The average Bonchev–Trinajstić information content (AvgIpc) is 2.62. The Balaban J connectivity index is 0.00000392. The van der Waals surface area contributed by atoms with Crippen molar-refractivity contribution in [1.82, 2.24) is 16.0 Å². The molecule has 1 aliphatic rings. The number of benzene rings is 1. The van der Waals surface area contributed by atoms with Crippen LogP contribution in [0.2, 0.25) is 0 Å². The van der Waals surface area contributed by atoms with E-state index < -0.39 is 0 Å². The summed E-state index contributed by atoms with van der Waals surface area (Å²) in [7, 11) is 0. The van der Waals surface area contributed by atoms with E-state index in [1.54, 1.807) is 0 Å². The summed E-state index contributed by atoms with van der Waals surface area (Å²) in [5.41, 5.74) is 1.90. The van der Waals surface area contributed by atoms with E-state index >= 15 is 0 Å². The van der Waals surface area contributed by atoms with Gasteiger partial charge in [-0.15, -0.1) is 24.0 Å². The first-order valence-electron chi connectivity index (χ1n) is 9.51. The number of rotatable bonds is 5. The minimum Gasteiger partial charge on any atom is -0.357 e. The maximum atomic E-state index is 12.7. The molecular formula is C20H32IN5O2. The van der Waals surface area contributed by atoms with Crippen molar-refractivity contribution in [2.45, 2.75) is 46.1 Å². The van der Waals surface area contributed by atoms with Gasteiger partial charge in [0, 0.05) is 24.3 Å². The molecule has 1 aliphatic heterocycles. The summed E-state index contributed by atoms with van der Waals surface area (Å²) in [6.07, 6.45) is 1.96. The van der Waals surface area contributed by atoms with Crippen molar-refractivity contribution in [1.29, 1.82) is 0 Å². The molecule has 1 aromatic carbocycles. The summed E-state index contributed by atoms with van der Waals surface area (Å²) in [6.45, 7) is 9.21. The Labute approximate surface area is 184 Å². The minimum atomic E-state index is -0.296. The van der Waals surface area contributed by atoms with E-state index in [4.69, 9.17) is 0 Å². The molecule has 8 heteroatoms. The summed E-state index contributed by atoms with van der Waals surface area (Å²) in [5, 5.41) is 8.97. The molecule has 0 saturated carbocycles. The molecule has 2 rings (SSSR count). The second-order valence-corrected chi connectivity index (χ2v) is 7.62. The zero-order valence-electron chi connectivity index (χ0n) is 17.2. The number of fused-ring (bicyclic) bond motifs is 1. The first-order chi connectivity index (χ1) is 12.8. The molecule has 0 radical (unpaired) electrons. The molecule has 156 valence electrons. The fourth-order valence-corrected chi connectivity index (χ4v) is 3.00. The highest BCUT2D eigenvalue weighted by Gasteiger charge is 2.22. The Kier molecular flexibility index (Phi) is 9.71. The summed E-state index contributed by atoms with van der Waals surface area (Å²) >= 11 is 0. The summed E-state index contributed by atoms with van der Waals surface area (Å²) in [5.74, 6) is 0.295. The molecule has 0 unspecified atom stereocenters. The standard InChI is InChI=1S/C20H31N5O2.HI/c1-5-21-19(22-13-17(26)24-20(2,3)4)23-14-18(27)25-12-8-10-15-9-6-7-11-16(15)25;/h6-7,9,11H,5,8,10,12-14H2,1-4H3,(H,24,26)(H2,21,22,23);1H. The lowest BCUT2D eigenvalue weighted by molar-refractivity contribution is -0.121. The third kappa shape index (κ3) is 7.65. The van der Waals surface area contributed by atoms with Gasteiger partial charge in [0.25, 0.3) is 0 Å². The Hall–Kier alpha value is -1.84. The Morgan fingerprint density at radius 2 is 1.89 bits per heavy atom. The van der Waals surface area contributed by atoms with E-state index in [0.717, 1.165) is 25.1 Å². The smallest absolute Gasteiger partial charge is 0.246 e. The molecule has 2 amide bonds. The van der Waals surface area contributed by atoms with E-state index in [9.17, 15) is 9.59 Å². The third-order valence-electron chi connectivity index (χ3n) is 4.06. The van der Waals surface area contributed by atoms with Gasteiger partial charge < -0.3 is 20.9 Å². The van der Waals surface area contributed by atoms with Crippen molar-refractivity contribution >= 4 is 47.4 Å². The van der Waals surface area contributed by atoms with Crippen LogP contribution in [-0.2, 0) is 16.0 Å². The molecule has 0 spiro atoms. The second-order valence-electron chi connectivity index (χ2n) is 7.62. The topological polar surface area (TPSA) is 85.8 Å². The maximum absolute atomic E-state index is 12.7. The highest BCUT2D eigenvalue weighted by Crippen LogP contribution is 2.26. The van der Waals surface area contributed by atoms with E-state index in [0.29, 0.717) is 12.5 Å². The number of hydrogen-bond acceptors (Lipinski definition) is 3.